The number of unbranched alkanes of at least 4 members (excludes halogenated alkanes) is 11. The van der Waals surface area contributed by atoms with Gasteiger partial charge in [-0.05, 0) is 19.3 Å². The molecule has 0 aromatic rings. The summed E-state index contributed by atoms with van der Waals surface area (Å²) in [5.41, 5.74) is 0. The Balaban J connectivity index is 2.32. The summed E-state index contributed by atoms with van der Waals surface area (Å²) in [5, 5.41) is 8.80. The first-order chi connectivity index (χ1) is 14.6. The van der Waals surface area contributed by atoms with E-state index in [1.165, 1.54) is 70.5 Å². The molecule has 0 unspecified atom stereocenters. The largest absolute Gasteiger partial charge is 0.498 e. The molecule has 0 saturated carbocycles. The molecule has 30 heavy (non-hydrogen) atoms. The van der Waals surface area contributed by atoms with Gasteiger partial charge in [-0.15, -0.1) is 0 Å². The van der Waals surface area contributed by atoms with Crippen LogP contribution in [0.2, 0.25) is 0 Å². The standard InChI is InChI=1S/C25H44O5/c1-3-5-7-9-10-11-12-13-14-16-21(29-19-18-24(26)27)20-23-22(25(28)30-23)17-15-8-6-4-2/h18-19,21-23H,3-17,20H2,1-2H3,(H,26,27)/b19-18+/t21-,22-,23-/m0/s1. The second-order valence-corrected chi connectivity index (χ2v) is 8.68. The van der Waals surface area contributed by atoms with Gasteiger partial charge in [0.1, 0.15) is 12.2 Å². The molecular formula is C25H44O5. The van der Waals surface area contributed by atoms with Crippen LogP contribution >= 0.6 is 0 Å². The van der Waals surface area contributed by atoms with E-state index in [0.717, 1.165) is 38.2 Å². The smallest absolute Gasteiger partial charge is 0.331 e. The zero-order valence-corrected chi connectivity index (χ0v) is 19.3. The maximum absolute atomic E-state index is 11.9. The molecule has 0 aliphatic carbocycles. The lowest BCUT2D eigenvalue weighted by Gasteiger charge is -2.37. The summed E-state index contributed by atoms with van der Waals surface area (Å²) in [7, 11) is 0. The number of hydrogen-bond acceptors (Lipinski definition) is 4. The van der Waals surface area contributed by atoms with Gasteiger partial charge in [0.2, 0.25) is 0 Å². The van der Waals surface area contributed by atoms with Crippen LogP contribution in [-0.4, -0.2) is 29.3 Å². The van der Waals surface area contributed by atoms with Gasteiger partial charge in [-0.3, -0.25) is 4.79 Å². The van der Waals surface area contributed by atoms with Crippen molar-refractivity contribution >= 4 is 11.9 Å². The zero-order valence-electron chi connectivity index (χ0n) is 19.3. The fourth-order valence-electron chi connectivity index (χ4n) is 4.10. The van der Waals surface area contributed by atoms with Crippen molar-refractivity contribution in [3.8, 4) is 0 Å². The Morgan fingerprint density at radius 1 is 0.967 bits per heavy atom. The molecule has 1 aliphatic rings. The van der Waals surface area contributed by atoms with E-state index in [2.05, 4.69) is 13.8 Å². The highest BCUT2D eigenvalue weighted by molar-refractivity contribution is 5.79. The number of carboxylic acids is 1. The highest BCUT2D eigenvalue weighted by atomic mass is 16.6. The molecule has 0 spiro atoms. The van der Waals surface area contributed by atoms with E-state index in [0.29, 0.717) is 6.42 Å². The third-order valence-corrected chi connectivity index (χ3v) is 5.99. The second kappa shape index (κ2) is 17.2. The Kier molecular flexibility index (Phi) is 15.2. The zero-order chi connectivity index (χ0) is 22.0. The third kappa shape index (κ3) is 12.2. The van der Waals surface area contributed by atoms with E-state index in [4.69, 9.17) is 14.6 Å². The minimum Gasteiger partial charge on any atom is -0.498 e. The fraction of sp³-hybridized carbons (Fsp3) is 0.840. The number of hydrogen-bond donors (Lipinski definition) is 1. The number of esters is 1. The second-order valence-electron chi connectivity index (χ2n) is 8.68. The number of rotatable bonds is 20. The van der Waals surface area contributed by atoms with E-state index >= 15 is 0 Å². The molecular weight excluding hydrogens is 380 g/mol. The van der Waals surface area contributed by atoms with Crippen molar-refractivity contribution in [2.24, 2.45) is 5.92 Å². The summed E-state index contributed by atoms with van der Waals surface area (Å²) in [6.07, 6.45) is 20.5. The first-order valence-electron chi connectivity index (χ1n) is 12.3. The number of carbonyl (C=O) groups excluding carboxylic acids is 1. The van der Waals surface area contributed by atoms with Gasteiger partial charge in [-0.1, -0.05) is 90.9 Å². The molecule has 1 rings (SSSR count). The van der Waals surface area contributed by atoms with E-state index in [1.807, 2.05) is 0 Å². The minimum absolute atomic E-state index is 0.0143. The molecule has 0 bridgehead atoms. The van der Waals surface area contributed by atoms with Crippen LogP contribution in [0.3, 0.4) is 0 Å². The molecule has 1 fully saturated rings. The average Bonchev–Trinajstić information content (AvgIpc) is 2.71. The Morgan fingerprint density at radius 3 is 2.10 bits per heavy atom. The highest BCUT2D eigenvalue weighted by Gasteiger charge is 2.42. The highest BCUT2D eigenvalue weighted by Crippen LogP contribution is 2.32. The molecule has 3 atom stereocenters. The van der Waals surface area contributed by atoms with Crippen molar-refractivity contribution in [2.75, 3.05) is 0 Å². The Bertz CT molecular complexity index is 488. The van der Waals surface area contributed by atoms with Gasteiger partial charge in [-0.25, -0.2) is 4.79 Å². The molecule has 0 aromatic heterocycles. The van der Waals surface area contributed by atoms with Gasteiger partial charge >= 0.3 is 11.9 Å². The van der Waals surface area contributed by atoms with Crippen molar-refractivity contribution in [1.82, 2.24) is 0 Å². The van der Waals surface area contributed by atoms with E-state index < -0.39 is 5.97 Å². The fourth-order valence-corrected chi connectivity index (χ4v) is 4.10. The average molecular weight is 425 g/mol. The van der Waals surface area contributed by atoms with Crippen LogP contribution < -0.4 is 0 Å². The molecule has 1 saturated heterocycles. The molecule has 1 N–H and O–H groups in total. The minimum atomic E-state index is -1.01. The summed E-state index contributed by atoms with van der Waals surface area (Å²) in [6.45, 7) is 4.42. The van der Waals surface area contributed by atoms with E-state index in [-0.39, 0.29) is 24.1 Å². The maximum atomic E-state index is 11.9. The lowest BCUT2D eigenvalue weighted by molar-refractivity contribution is -0.188. The van der Waals surface area contributed by atoms with Gasteiger partial charge in [-0.2, -0.15) is 0 Å². The number of ether oxygens (including phenoxy) is 2. The van der Waals surface area contributed by atoms with Crippen molar-refractivity contribution in [1.29, 1.82) is 0 Å². The molecule has 0 radical (unpaired) electrons. The molecule has 1 aliphatic heterocycles. The Hall–Kier alpha value is -1.52. The molecule has 1 heterocycles. The van der Waals surface area contributed by atoms with Gasteiger partial charge in [0.25, 0.3) is 0 Å². The molecule has 5 nitrogen and oxygen atoms in total. The monoisotopic (exact) mass is 424 g/mol. The lowest BCUT2D eigenvalue weighted by atomic mass is 9.86. The molecule has 174 valence electrons. The van der Waals surface area contributed by atoms with Crippen LogP contribution in [-0.2, 0) is 19.1 Å². The van der Waals surface area contributed by atoms with Crippen LogP contribution in [0.1, 0.15) is 117 Å². The molecule has 5 heteroatoms. The van der Waals surface area contributed by atoms with Gasteiger partial charge in [0, 0.05) is 6.42 Å². The van der Waals surface area contributed by atoms with E-state index in [1.54, 1.807) is 0 Å². The van der Waals surface area contributed by atoms with Crippen molar-refractivity contribution in [3.63, 3.8) is 0 Å². The molecule has 0 aromatic carbocycles. The van der Waals surface area contributed by atoms with Crippen molar-refractivity contribution < 1.29 is 24.2 Å². The summed E-state index contributed by atoms with van der Waals surface area (Å²) in [5.74, 6) is -1.11. The van der Waals surface area contributed by atoms with Gasteiger partial charge < -0.3 is 14.6 Å². The quantitative estimate of drug-likeness (QED) is 0.101. The van der Waals surface area contributed by atoms with Crippen LogP contribution in [0.4, 0.5) is 0 Å². The van der Waals surface area contributed by atoms with Crippen LogP contribution in [0.5, 0.6) is 0 Å². The third-order valence-electron chi connectivity index (χ3n) is 5.99. The number of carbonyl (C=O) groups is 2. The van der Waals surface area contributed by atoms with Gasteiger partial charge in [0.05, 0.1) is 18.3 Å². The topological polar surface area (TPSA) is 72.8 Å². The van der Waals surface area contributed by atoms with E-state index in [9.17, 15) is 9.59 Å². The maximum Gasteiger partial charge on any atom is 0.331 e. The van der Waals surface area contributed by atoms with Crippen LogP contribution in [0, 0.1) is 5.92 Å². The van der Waals surface area contributed by atoms with Crippen LogP contribution in [0.15, 0.2) is 12.3 Å². The van der Waals surface area contributed by atoms with Crippen molar-refractivity contribution in [2.45, 2.75) is 129 Å². The summed E-state index contributed by atoms with van der Waals surface area (Å²) >= 11 is 0. The lowest BCUT2D eigenvalue weighted by Crippen LogP contribution is -2.46. The first kappa shape index (κ1) is 26.5. The summed E-state index contributed by atoms with van der Waals surface area (Å²) < 4.78 is 11.1. The Morgan fingerprint density at radius 2 is 1.53 bits per heavy atom. The number of cyclic esters (lactones) is 1. The summed E-state index contributed by atoms with van der Waals surface area (Å²) in [4.78, 5) is 22.6. The van der Waals surface area contributed by atoms with Gasteiger partial charge in [0.15, 0.2) is 0 Å². The number of carboxylic acid groups (broad SMARTS) is 1. The van der Waals surface area contributed by atoms with Crippen molar-refractivity contribution in [3.05, 3.63) is 12.3 Å². The predicted octanol–water partition coefficient (Wildman–Crippen LogP) is 6.79. The SMILES string of the molecule is CCCCCCCCCCC[C@@H](C[C@@H]1OC(=O)[C@H]1CCCCCC)O/C=C/C(=O)O. The predicted molar refractivity (Wildman–Crippen MR) is 120 cm³/mol. The summed E-state index contributed by atoms with van der Waals surface area (Å²) in [6, 6.07) is 0. The first-order valence-corrected chi connectivity index (χ1v) is 12.3. The number of aliphatic carboxylic acids is 1. The van der Waals surface area contributed by atoms with Crippen LogP contribution in [0.25, 0.3) is 0 Å². The normalized spacial score (nSPS) is 19.5. The molecule has 0 amide bonds. The Labute approximate surface area is 183 Å².